The van der Waals surface area contributed by atoms with Gasteiger partial charge < -0.3 is 4.90 Å². The van der Waals surface area contributed by atoms with Crippen molar-refractivity contribution < 1.29 is 22.8 Å². The number of imidazole rings is 1. The molecule has 1 saturated heterocycles. The molecule has 0 spiro atoms. The molecule has 1 aliphatic rings. The van der Waals surface area contributed by atoms with E-state index in [4.69, 9.17) is 11.6 Å². The van der Waals surface area contributed by atoms with Crippen molar-refractivity contribution in [1.29, 1.82) is 0 Å². The van der Waals surface area contributed by atoms with Crippen LogP contribution in [0.4, 0.5) is 18.3 Å². The number of alkyl halides is 3. The van der Waals surface area contributed by atoms with Crippen LogP contribution in [0.5, 0.6) is 0 Å². The number of rotatable bonds is 3. The third kappa shape index (κ3) is 3.87. The highest BCUT2D eigenvalue weighted by molar-refractivity contribution is 7.13. The average Bonchev–Trinajstić information content (AvgIpc) is 3.34. The highest BCUT2D eigenvalue weighted by Crippen LogP contribution is 2.36. The molecule has 12 heteroatoms. The van der Waals surface area contributed by atoms with E-state index in [1.165, 1.54) is 27.3 Å². The predicted molar refractivity (Wildman–Crippen MR) is 110 cm³/mol. The molecule has 1 aliphatic heterocycles. The average molecular weight is 472 g/mol. The summed E-state index contributed by atoms with van der Waals surface area (Å²) in [6.45, 7) is 3.66. The van der Waals surface area contributed by atoms with Gasteiger partial charge in [-0.15, -0.1) is 11.3 Å². The molecule has 31 heavy (non-hydrogen) atoms. The smallest absolute Gasteiger partial charge is 0.326 e. The van der Waals surface area contributed by atoms with Crippen molar-refractivity contribution in [2.75, 3.05) is 24.5 Å². The molecule has 3 aromatic heterocycles. The van der Waals surface area contributed by atoms with E-state index in [0.29, 0.717) is 10.7 Å². The molecule has 1 fully saturated rings. The number of piperazine rings is 1. The summed E-state index contributed by atoms with van der Waals surface area (Å²) >= 11 is 7.60. The minimum absolute atomic E-state index is 0.178. The molecule has 0 radical (unpaired) electrons. The van der Waals surface area contributed by atoms with Crippen LogP contribution < -0.4 is 4.90 Å². The van der Waals surface area contributed by atoms with Gasteiger partial charge in [0.1, 0.15) is 11.7 Å². The number of aromatic nitrogens is 3. The number of hydrogen-bond donors (Lipinski definition) is 0. The van der Waals surface area contributed by atoms with Crippen molar-refractivity contribution in [3.05, 3.63) is 45.8 Å². The third-order valence-corrected chi connectivity index (χ3v) is 6.17. The number of carbonyl (C=O) groups is 2. The van der Waals surface area contributed by atoms with Crippen molar-refractivity contribution in [2.24, 2.45) is 0 Å². The van der Waals surface area contributed by atoms with Gasteiger partial charge in [0.05, 0.1) is 5.56 Å². The summed E-state index contributed by atoms with van der Waals surface area (Å²) in [5.41, 5.74) is -1.32. The molecular weight excluding hydrogens is 455 g/mol. The van der Waals surface area contributed by atoms with E-state index in [1.807, 2.05) is 0 Å². The number of hydrogen-bond acceptors (Lipinski definition) is 5. The number of pyridine rings is 1. The van der Waals surface area contributed by atoms with E-state index < -0.39 is 23.3 Å². The molecule has 0 N–H and O–H groups in total. The normalized spacial score (nSPS) is 15.4. The molecule has 4 heterocycles. The van der Waals surface area contributed by atoms with Crippen LogP contribution in [-0.4, -0.2) is 50.7 Å². The highest BCUT2D eigenvalue weighted by atomic mass is 35.5. The lowest BCUT2D eigenvalue weighted by Gasteiger charge is -2.32. The van der Waals surface area contributed by atoms with Crippen molar-refractivity contribution in [3.63, 3.8) is 0 Å². The predicted octanol–water partition coefficient (Wildman–Crippen LogP) is 4.08. The molecule has 164 valence electrons. The topological polar surface area (TPSA) is 70.8 Å². The number of amides is 2. The molecular formula is C19H17ClF3N5O2S. The second-order valence-electron chi connectivity index (χ2n) is 7.37. The molecule has 0 saturated carbocycles. The first-order valence-corrected chi connectivity index (χ1v) is 10.6. The summed E-state index contributed by atoms with van der Waals surface area (Å²) in [5, 5.41) is 2.04. The number of nitrogens with zero attached hydrogens (tertiary/aromatic N) is 5. The fourth-order valence-corrected chi connectivity index (χ4v) is 4.28. The van der Waals surface area contributed by atoms with E-state index in [-0.39, 0.29) is 42.3 Å². The Hall–Kier alpha value is -2.66. The fraction of sp³-hybridized carbons (Fsp3) is 0.368. The summed E-state index contributed by atoms with van der Waals surface area (Å²) in [5.74, 6) is -1.23. The van der Waals surface area contributed by atoms with Gasteiger partial charge in [0.25, 0.3) is 5.91 Å². The maximum atomic E-state index is 13.6. The molecule has 4 rings (SSSR count). The quantitative estimate of drug-likeness (QED) is 0.577. The van der Waals surface area contributed by atoms with Crippen molar-refractivity contribution in [2.45, 2.75) is 25.9 Å². The van der Waals surface area contributed by atoms with Crippen LogP contribution in [-0.2, 0) is 11.0 Å². The Bertz CT molecular complexity index is 1160. The van der Waals surface area contributed by atoms with E-state index >= 15 is 0 Å². The van der Waals surface area contributed by atoms with Gasteiger partial charge in [0, 0.05) is 30.9 Å². The summed E-state index contributed by atoms with van der Waals surface area (Å²) < 4.78 is 42.0. The summed E-state index contributed by atoms with van der Waals surface area (Å²) in [4.78, 5) is 36.2. The minimum Gasteiger partial charge on any atom is -0.326 e. The Balaban J connectivity index is 1.69. The van der Waals surface area contributed by atoms with Gasteiger partial charge in [-0.1, -0.05) is 25.4 Å². The molecule has 3 aromatic rings. The molecule has 0 bridgehead atoms. The SMILES string of the molecule is CC(C)c1cc(C(F)(F)F)c2nc(C(=O)N3CCN(c4nccs4)C(=O)C3)c(Cl)n2c1. The lowest BCUT2D eigenvalue weighted by molar-refractivity contribution is -0.136. The van der Waals surface area contributed by atoms with Crippen molar-refractivity contribution in [1.82, 2.24) is 19.3 Å². The monoisotopic (exact) mass is 471 g/mol. The van der Waals surface area contributed by atoms with Crippen LogP contribution in [0.15, 0.2) is 23.8 Å². The van der Waals surface area contributed by atoms with Crippen molar-refractivity contribution >= 4 is 45.5 Å². The number of fused-ring (bicyclic) bond motifs is 1. The van der Waals surface area contributed by atoms with Gasteiger partial charge >= 0.3 is 6.18 Å². The van der Waals surface area contributed by atoms with Gasteiger partial charge in [-0.05, 0) is 17.5 Å². The maximum Gasteiger partial charge on any atom is 0.419 e. The standard InChI is InChI=1S/C19H17ClF3N5O2S/c1-10(2)11-7-12(19(21,22)23)16-25-14(15(20)28(16)8-11)17(30)26-4-5-27(13(29)9-26)18-24-3-6-31-18/h3,6-8,10H,4-5,9H2,1-2H3. The molecule has 0 aromatic carbocycles. The minimum atomic E-state index is -4.67. The number of halogens is 4. The van der Waals surface area contributed by atoms with Crippen LogP contribution in [0.25, 0.3) is 5.65 Å². The molecule has 7 nitrogen and oxygen atoms in total. The lowest BCUT2D eigenvalue weighted by atomic mass is 10.0. The Labute approximate surface area is 184 Å². The van der Waals surface area contributed by atoms with Gasteiger partial charge in [-0.2, -0.15) is 13.2 Å². The molecule has 0 aliphatic carbocycles. The molecule has 0 atom stereocenters. The lowest BCUT2D eigenvalue weighted by Crippen LogP contribution is -2.52. The number of anilines is 1. The van der Waals surface area contributed by atoms with E-state index in [2.05, 4.69) is 9.97 Å². The van der Waals surface area contributed by atoms with Gasteiger partial charge in [0.2, 0.25) is 5.91 Å². The molecule has 0 unspecified atom stereocenters. The summed E-state index contributed by atoms with van der Waals surface area (Å²) in [6, 6.07) is 1.02. The second-order valence-corrected chi connectivity index (χ2v) is 8.60. The van der Waals surface area contributed by atoms with Crippen LogP contribution in [0, 0.1) is 0 Å². The van der Waals surface area contributed by atoms with Gasteiger partial charge in [0.15, 0.2) is 16.5 Å². The first-order chi connectivity index (χ1) is 14.6. The van der Waals surface area contributed by atoms with Crippen LogP contribution in [0.2, 0.25) is 5.15 Å². The zero-order valence-electron chi connectivity index (χ0n) is 16.5. The van der Waals surface area contributed by atoms with Crippen molar-refractivity contribution in [3.8, 4) is 0 Å². The Morgan fingerprint density at radius 1 is 1.29 bits per heavy atom. The van der Waals surface area contributed by atoms with Crippen LogP contribution >= 0.6 is 22.9 Å². The van der Waals surface area contributed by atoms with Crippen LogP contribution in [0.1, 0.15) is 41.4 Å². The van der Waals surface area contributed by atoms with Crippen LogP contribution in [0.3, 0.4) is 0 Å². The Kier molecular flexibility index (Phi) is 5.42. The fourth-order valence-electron chi connectivity index (χ4n) is 3.35. The Morgan fingerprint density at radius 2 is 2.03 bits per heavy atom. The van der Waals surface area contributed by atoms with Gasteiger partial charge in [-0.3, -0.25) is 18.9 Å². The van der Waals surface area contributed by atoms with Gasteiger partial charge in [-0.25, -0.2) is 9.97 Å². The first kappa shape index (κ1) is 21.6. The zero-order valence-corrected chi connectivity index (χ0v) is 18.1. The highest BCUT2D eigenvalue weighted by Gasteiger charge is 2.37. The zero-order chi connectivity index (χ0) is 22.5. The molecule has 2 amide bonds. The third-order valence-electron chi connectivity index (χ3n) is 5.02. The summed E-state index contributed by atoms with van der Waals surface area (Å²) in [7, 11) is 0. The van der Waals surface area contributed by atoms with E-state index in [9.17, 15) is 22.8 Å². The first-order valence-electron chi connectivity index (χ1n) is 9.35. The van der Waals surface area contributed by atoms with E-state index in [0.717, 1.165) is 10.5 Å². The number of carbonyl (C=O) groups excluding carboxylic acids is 2. The second kappa shape index (κ2) is 7.79. The number of thiazole rings is 1. The van der Waals surface area contributed by atoms with E-state index in [1.54, 1.807) is 25.4 Å². The largest absolute Gasteiger partial charge is 0.419 e. The maximum absolute atomic E-state index is 13.6. The summed E-state index contributed by atoms with van der Waals surface area (Å²) in [6.07, 6.45) is -1.64. The Morgan fingerprint density at radius 3 is 2.61 bits per heavy atom.